The topological polar surface area (TPSA) is 89.5 Å². The molecule has 2 atom stereocenters. The summed E-state index contributed by atoms with van der Waals surface area (Å²) in [6, 6.07) is 4.46. The van der Waals surface area contributed by atoms with E-state index in [0.29, 0.717) is 24.6 Å². The van der Waals surface area contributed by atoms with Crippen LogP contribution >= 0.6 is 12.4 Å². The van der Waals surface area contributed by atoms with E-state index in [1.54, 1.807) is 17.9 Å². The molecule has 2 rings (SSSR count). The van der Waals surface area contributed by atoms with E-state index in [0.717, 1.165) is 18.4 Å². The van der Waals surface area contributed by atoms with Gasteiger partial charge in [-0.2, -0.15) is 0 Å². The van der Waals surface area contributed by atoms with Gasteiger partial charge in [-0.25, -0.2) is 0 Å². The fraction of sp³-hybridized carbons (Fsp3) is 0.533. The molecule has 1 fully saturated rings. The van der Waals surface area contributed by atoms with Gasteiger partial charge in [0.15, 0.2) is 0 Å². The number of benzene rings is 1. The number of nitro benzene ring substituents is 1. The van der Waals surface area contributed by atoms with Crippen molar-refractivity contribution in [3.63, 3.8) is 0 Å². The number of likely N-dealkylation sites (tertiary alicyclic amines) is 1. The van der Waals surface area contributed by atoms with Crippen molar-refractivity contribution in [3.8, 4) is 0 Å². The highest BCUT2D eigenvalue weighted by Crippen LogP contribution is 2.23. The number of amides is 1. The number of piperidine rings is 1. The number of carbonyl (C=O) groups is 1. The van der Waals surface area contributed by atoms with Gasteiger partial charge in [0, 0.05) is 36.8 Å². The molecule has 1 aromatic rings. The number of aryl methyl sites for hydroxylation is 1. The number of nitrogens with two attached hydrogens (primary N) is 1. The Balaban J connectivity index is 0.00000242. The first kappa shape index (κ1) is 18.4. The van der Waals surface area contributed by atoms with E-state index in [1.165, 1.54) is 12.1 Å². The summed E-state index contributed by atoms with van der Waals surface area (Å²) in [5.41, 5.74) is 7.05. The molecule has 0 bridgehead atoms. The Hall–Kier alpha value is -1.66. The Bertz CT molecular complexity index is 563. The smallest absolute Gasteiger partial charge is 0.270 e. The molecule has 0 spiro atoms. The van der Waals surface area contributed by atoms with Crippen molar-refractivity contribution < 1.29 is 9.72 Å². The predicted molar refractivity (Wildman–Crippen MR) is 87.4 cm³/mol. The molecule has 0 radical (unpaired) electrons. The first-order valence-electron chi connectivity index (χ1n) is 7.20. The molecule has 1 saturated heterocycles. The number of halogens is 1. The van der Waals surface area contributed by atoms with Crippen LogP contribution in [-0.2, 0) is 0 Å². The number of nitro groups is 1. The van der Waals surface area contributed by atoms with E-state index in [9.17, 15) is 14.9 Å². The third-order valence-electron chi connectivity index (χ3n) is 4.15. The molecule has 1 aliphatic rings. The summed E-state index contributed by atoms with van der Waals surface area (Å²) in [6.07, 6.45) is 1.95. The lowest BCUT2D eigenvalue weighted by Crippen LogP contribution is -2.45. The van der Waals surface area contributed by atoms with E-state index >= 15 is 0 Å². The lowest BCUT2D eigenvalue weighted by molar-refractivity contribution is -0.384. The van der Waals surface area contributed by atoms with Crippen molar-refractivity contribution in [2.45, 2.75) is 32.7 Å². The maximum atomic E-state index is 12.6. The highest BCUT2D eigenvalue weighted by Gasteiger charge is 2.27. The molecule has 1 amide bonds. The molecule has 2 N–H and O–H groups in total. The van der Waals surface area contributed by atoms with Crippen LogP contribution in [0.3, 0.4) is 0 Å². The Morgan fingerprint density at radius 3 is 2.77 bits per heavy atom. The van der Waals surface area contributed by atoms with Gasteiger partial charge in [-0.1, -0.05) is 6.07 Å². The van der Waals surface area contributed by atoms with Crippen LogP contribution in [0, 0.1) is 23.0 Å². The van der Waals surface area contributed by atoms with Gasteiger partial charge in [-0.3, -0.25) is 14.9 Å². The molecule has 1 heterocycles. The van der Waals surface area contributed by atoms with Gasteiger partial charge in [0.05, 0.1) is 4.92 Å². The van der Waals surface area contributed by atoms with Crippen molar-refractivity contribution in [3.05, 3.63) is 39.4 Å². The predicted octanol–water partition coefficient (Wildman–Crippen LogP) is 2.52. The van der Waals surface area contributed by atoms with Crippen LogP contribution in [0.5, 0.6) is 0 Å². The number of non-ortho nitro benzene ring substituents is 1. The SMILES string of the molecule is Cc1ccc([N+](=O)[O-])cc1C(=O)N1CCCC(C(C)N)C1.Cl. The molecular formula is C15H22ClN3O3. The minimum Gasteiger partial charge on any atom is -0.338 e. The highest BCUT2D eigenvalue weighted by atomic mass is 35.5. The standard InChI is InChI=1S/C15H21N3O3.ClH/c1-10-5-6-13(18(20)21)8-14(10)15(19)17-7-3-4-12(9-17)11(2)16;/h5-6,8,11-12H,3-4,7,9,16H2,1-2H3;1H. The molecular weight excluding hydrogens is 306 g/mol. The normalized spacial score (nSPS) is 19.2. The number of rotatable bonds is 3. The number of nitrogens with zero attached hydrogens (tertiary/aromatic N) is 2. The second-order valence-electron chi connectivity index (χ2n) is 5.77. The minimum absolute atomic E-state index is 0. The summed E-state index contributed by atoms with van der Waals surface area (Å²) >= 11 is 0. The number of hydrogen-bond acceptors (Lipinski definition) is 4. The fourth-order valence-electron chi connectivity index (χ4n) is 2.75. The molecule has 0 saturated carbocycles. The Morgan fingerprint density at radius 1 is 1.50 bits per heavy atom. The van der Waals surface area contributed by atoms with E-state index in [4.69, 9.17) is 5.73 Å². The van der Waals surface area contributed by atoms with Crippen LogP contribution in [0.15, 0.2) is 18.2 Å². The summed E-state index contributed by atoms with van der Waals surface area (Å²) in [4.78, 5) is 24.8. The van der Waals surface area contributed by atoms with E-state index in [1.807, 2.05) is 6.92 Å². The van der Waals surface area contributed by atoms with Gasteiger partial charge in [-0.05, 0) is 38.2 Å². The van der Waals surface area contributed by atoms with Crippen LogP contribution in [0.2, 0.25) is 0 Å². The quantitative estimate of drug-likeness (QED) is 0.682. The second kappa shape index (κ2) is 7.56. The minimum atomic E-state index is -0.475. The zero-order valence-electron chi connectivity index (χ0n) is 12.8. The maximum Gasteiger partial charge on any atom is 0.270 e. The molecule has 2 unspecified atom stereocenters. The van der Waals surface area contributed by atoms with Gasteiger partial charge in [0.2, 0.25) is 0 Å². The first-order chi connectivity index (χ1) is 9.90. The van der Waals surface area contributed by atoms with Crippen molar-refractivity contribution in [2.75, 3.05) is 13.1 Å². The van der Waals surface area contributed by atoms with Crippen molar-refractivity contribution >= 4 is 24.0 Å². The second-order valence-corrected chi connectivity index (χ2v) is 5.77. The summed E-state index contributed by atoms with van der Waals surface area (Å²) in [5, 5.41) is 10.9. The maximum absolute atomic E-state index is 12.6. The van der Waals surface area contributed by atoms with Crippen LogP contribution in [-0.4, -0.2) is 34.9 Å². The third-order valence-corrected chi connectivity index (χ3v) is 4.15. The summed E-state index contributed by atoms with van der Waals surface area (Å²) in [6.45, 7) is 5.06. The van der Waals surface area contributed by atoms with E-state index in [-0.39, 0.29) is 30.0 Å². The van der Waals surface area contributed by atoms with Crippen LogP contribution < -0.4 is 5.73 Å². The molecule has 1 aliphatic heterocycles. The molecule has 7 heteroatoms. The Morgan fingerprint density at radius 2 is 2.18 bits per heavy atom. The van der Waals surface area contributed by atoms with Crippen molar-refractivity contribution in [1.29, 1.82) is 0 Å². The molecule has 0 aliphatic carbocycles. The van der Waals surface area contributed by atoms with Crippen LogP contribution in [0.1, 0.15) is 35.7 Å². The molecule has 122 valence electrons. The van der Waals surface area contributed by atoms with Gasteiger partial charge in [0.1, 0.15) is 0 Å². The van der Waals surface area contributed by atoms with E-state index in [2.05, 4.69) is 0 Å². The van der Waals surface area contributed by atoms with Gasteiger partial charge >= 0.3 is 0 Å². The lowest BCUT2D eigenvalue weighted by Gasteiger charge is -2.34. The zero-order chi connectivity index (χ0) is 15.6. The summed E-state index contributed by atoms with van der Waals surface area (Å²) in [5.74, 6) is 0.156. The van der Waals surface area contributed by atoms with Crippen molar-refractivity contribution in [2.24, 2.45) is 11.7 Å². The van der Waals surface area contributed by atoms with Crippen LogP contribution in [0.4, 0.5) is 5.69 Å². The van der Waals surface area contributed by atoms with Crippen LogP contribution in [0.25, 0.3) is 0 Å². The zero-order valence-corrected chi connectivity index (χ0v) is 13.6. The number of carbonyl (C=O) groups excluding carboxylic acids is 1. The molecule has 22 heavy (non-hydrogen) atoms. The van der Waals surface area contributed by atoms with Gasteiger partial charge in [0.25, 0.3) is 11.6 Å². The lowest BCUT2D eigenvalue weighted by atomic mass is 9.91. The third kappa shape index (κ3) is 3.96. The average molecular weight is 328 g/mol. The molecule has 1 aromatic carbocycles. The molecule has 0 aromatic heterocycles. The highest BCUT2D eigenvalue weighted by molar-refractivity contribution is 5.96. The van der Waals surface area contributed by atoms with Gasteiger partial charge in [-0.15, -0.1) is 12.4 Å². The Labute approximate surface area is 136 Å². The Kier molecular flexibility index (Phi) is 6.32. The monoisotopic (exact) mass is 327 g/mol. The largest absolute Gasteiger partial charge is 0.338 e. The summed E-state index contributed by atoms with van der Waals surface area (Å²) in [7, 11) is 0. The average Bonchev–Trinajstić information content (AvgIpc) is 2.47. The molecule has 6 nitrogen and oxygen atoms in total. The van der Waals surface area contributed by atoms with Crippen molar-refractivity contribution in [1.82, 2.24) is 4.90 Å². The summed E-state index contributed by atoms with van der Waals surface area (Å²) < 4.78 is 0. The van der Waals surface area contributed by atoms with Gasteiger partial charge < -0.3 is 10.6 Å². The first-order valence-corrected chi connectivity index (χ1v) is 7.20. The fourth-order valence-corrected chi connectivity index (χ4v) is 2.75. The van der Waals surface area contributed by atoms with E-state index < -0.39 is 4.92 Å². The number of hydrogen-bond donors (Lipinski definition) is 1.